The fourth-order valence-corrected chi connectivity index (χ4v) is 4.50. The second-order valence-electron chi connectivity index (χ2n) is 9.47. The van der Waals surface area contributed by atoms with Crippen molar-refractivity contribution >= 4 is 22.7 Å². The number of aromatic nitrogens is 1. The minimum absolute atomic E-state index is 0.156. The van der Waals surface area contributed by atoms with Gasteiger partial charge in [-0.3, -0.25) is 19.8 Å². The highest BCUT2D eigenvalue weighted by atomic mass is 16.5. The summed E-state index contributed by atoms with van der Waals surface area (Å²) < 4.78 is 0. The molecule has 34 heavy (non-hydrogen) atoms. The lowest BCUT2D eigenvalue weighted by molar-refractivity contribution is -0.172. The average molecular weight is 461 g/mol. The lowest BCUT2D eigenvalue weighted by Gasteiger charge is -2.24. The number of rotatable bonds is 7. The van der Waals surface area contributed by atoms with Gasteiger partial charge < -0.3 is 10.6 Å². The number of para-hydroxylation sites is 1. The van der Waals surface area contributed by atoms with Crippen LogP contribution in [0, 0.1) is 18.8 Å². The number of amides is 2. The summed E-state index contributed by atoms with van der Waals surface area (Å²) in [6.45, 7) is 7.05. The first kappa shape index (κ1) is 23.9. The molecule has 2 heterocycles. The highest BCUT2D eigenvalue weighted by Crippen LogP contribution is 2.22. The SMILES string of the molecule is Cc1cc(Cc2ccc(C(=O)N[C@@H]3CNC[C@@H]3C(=O)N(O)CC(C)C)cc2)c2ccccc2n1. The van der Waals surface area contributed by atoms with Crippen LogP contribution in [0.5, 0.6) is 0 Å². The van der Waals surface area contributed by atoms with Crippen molar-refractivity contribution in [2.45, 2.75) is 33.2 Å². The molecule has 1 aliphatic heterocycles. The summed E-state index contributed by atoms with van der Waals surface area (Å²) in [6, 6.07) is 17.4. The predicted octanol–water partition coefficient (Wildman–Crippen LogP) is 3.33. The molecule has 3 aromatic rings. The van der Waals surface area contributed by atoms with Crippen LogP contribution in [0.4, 0.5) is 0 Å². The van der Waals surface area contributed by atoms with Gasteiger partial charge in [0.25, 0.3) is 11.8 Å². The molecule has 0 radical (unpaired) electrons. The Hall–Kier alpha value is -3.29. The van der Waals surface area contributed by atoms with E-state index in [1.54, 1.807) is 0 Å². The van der Waals surface area contributed by atoms with Crippen molar-refractivity contribution in [1.29, 1.82) is 0 Å². The molecule has 1 fully saturated rings. The summed E-state index contributed by atoms with van der Waals surface area (Å²) in [5, 5.41) is 18.1. The molecule has 3 N–H and O–H groups in total. The Labute approximate surface area is 200 Å². The maximum Gasteiger partial charge on any atom is 0.252 e. The predicted molar refractivity (Wildman–Crippen MR) is 132 cm³/mol. The molecule has 7 heteroatoms. The number of pyridine rings is 1. The van der Waals surface area contributed by atoms with Gasteiger partial charge in [-0.1, -0.05) is 44.2 Å². The monoisotopic (exact) mass is 460 g/mol. The van der Waals surface area contributed by atoms with Crippen molar-refractivity contribution in [3.05, 3.63) is 77.0 Å². The van der Waals surface area contributed by atoms with E-state index < -0.39 is 5.92 Å². The van der Waals surface area contributed by atoms with Gasteiger partial charge in [0, 0.05) is 29.7 Å². The number of nitrogens with zero attached hydrogens (tertiary/aromatic N) is 2. The first-order valence-corrected chi connectivity index (χ1v) is 11.8. The van der Waals surface area contributed by atoms with Gasteiger partial charge in [0.2, 0.25) is 0 Å². The Kier molecular flexibility index (Phi) is 7.24. The summed E-state index contributed by atoms with van der Waals surface area (Å²) in [5.41, 5.74) is 4.81. The maximum absolute atomic E-state index is 12.9. The Morgan fingerprint density at radius 2 is 1.88 bits per heavy atom. The Bertz CT molecular complexity index is 1180. The normalized spacial score (nSPS) is 17.8. The van der Waals surface area contributed by atoms with Gasteiger partial charge >= 0.3 is 0 Å². The topological polar surface area (TPSA) is 94.6 Å². The molecule has 178 valence electrons. The molecule has 7 nitrogen and oxygen atoms in total. The largest absolute Gasteiger partial charge is 0.347 e. The van der Waals surface area contributed by atoms with Gasteiger partial charge in [0.05, 0.1) is 24.0 Å². The molecule has 0 bridgehead atoms. The van der Waals surface area contributed by atoms with E-state index in [1.807, 2.05) is 63.2 Å². The Morgan fingerprint density at radius 1 is 1.15 bits per heavy atom. The van der Waals surface area contributed by atoms with E-state index in [1.165, 1.54) is 5.56 Å². The number of carbonyl (C=O) groups excluding carboxylic acids is 2. The number of fused-ring (bicyclic) bond motifs is 1. The summed E-state index contributed by atoms with van der Waals surface area (Å²) in [4.78, 5) is 30.1. The molecule has 0 aliphatic carbocycles. The van der Waals surface area contributed by atoms with Crippen LogP contribution in [-0.4, -0.2) is 52.7 Å². The van der Waals surface area contributed by atoms with Crippen molar-refractivity contribution < 1.29 is 14.8 Å². The standard InChI is InChI=1S/C27H32N4O3/c1-17(2)16-31(34)27(33)23-14-28-15-25(23)30-26(32)20-10-8-19(9-11-20)13-21-12-18(3)29-24-7-5-4-6-22(21)24/h4-12,17,23,25,28,34H,13-16H2,1-3H3,(H,30,32)/t23-,25+/m0/s1. The van der Waals surface area contributed by atoms with E-state index in [-0.39, 0.29) is 30.3 Å². The summed E-state index contributed by atoms with van der Waals surface area (Å²) in [7, 11) is 0. The van der Waals surface area contributed by atoms with Gasteiger partial charge in [-0.05, 0) is 54.7 Å². The van der Waals surface area contributed by atoms with Crippen LogP contribution >= 0.6 is 0 Å². The molecule has 0 saturated carbocycles. The second kappa shape index (κ2) is 10.3. The molecular formula is C27H32N4O3. The van der Waals surface area contributed by atoms with E-state index in [2.05, 4.69) is 27.8 Å². The number of carbonyl (C=O) groups is 2. The van der Waals surface area contributed by atoms with Gasteiger partial charge in [0.15, 0.2) is 0 Å². The number of hydroxylamine groups is 2. The van der Waals surface area contributed by atoms with Crippen LogP contribution in [0.15, 0.2) is 54.6 Å². The fraction of sp³-hybridized carbons (Fsp3) is 0.370. The zero-order valence-corrected chi connectivity index (χ0v) is 19.9. The Balaban J connectivity index is 1.42. The Morgan fingerprint density at radius 3 is 2.62 bits per heavy atom. The van der Waals surface area contributed by atoms with Crippen LogP contribution in [-0.2, 0) is 11.2 Å². The van der Waals surface area contributed by atoms with Crippen molar-refractivity contribution in [3.63, 3.8) is 0 Å². The van der Waals surface area contributed by atoms with Crippen LogP contribution in [0.3, 0.4) is 0 Å². The van der Waals surface area contributed by atoms with E-state index in [0.717, 1.165) is 33.6 Å². The lowest BCUT2D eigenvalue weighted by atomic mass is 9.99. The molecule has 0 unspecified atom stereocenters. The summed E-state index contributed by atoms with van der Waals surface area (Å²) in [5.74, 6) is -0.921. The molecule has 2 aromatic carbocycles. The highest BCUT2D eigenvalue weighted by Gasteiger charge is 2.36. The first-order valence-electron chi connectivity index (χ1n) is 11.8. The molecule has 1 saturated heterocycles. The average Bonchev–Trinajstić information content (AvgIpc) is 3.26. The van der Waals surface area contributed by atoms with Gasteiger partial charge in [-0.15, -0.1) is 0 Å². The maximum atomic E-state index is 12.9. The van der Waals surface area contributed by atoms with Gasteiger partial charge in [0.1, 0.15) is 0 Å². The second-order valence-corrected chi connectivity index (χ2v) is 9.47. The third kappa shape index (κ3) is 5.43. The van der Waals surface area contributed by atoms with Crippen LogP contribution in [0.2, 0.25) is 0 Å². The minimum atomic E-state index is -0.491. The van der Waals surface area contributed by atoms with E-state index >= 15 is 0 Å². The summed E-state index contributed by atoms with van der Waals surface area (Å²) >= 11 is 0. The van der Waals surface area contributed by atoms with Crippen LogP contribution < -0.4 is 10.6 Å². The zero-order chi connectivity index (χ0) is 24.2. The van der Waals surface area contributed by atoms with Crippen molar-refractivity contribution in [3.8, 4) is 0 Å². The third-order valence-electron chi connectivity index (χ3n) is 6.18. The molecule has 4 rings (SSSR count). The van der Waals surface area contributed by atoms with Gasteiger partial charge in [-0.2, -0.15) is 0 Å². The summed E-state index contributed by atoms with van der Waals surface area (Å²) in [6.07, 6.45) is 0.747. The number of nitrogens with one attached hydrogen (secondary N) is 2. The molecule has 2 amide bonds. The molecular weight excluding hydrogens is 428 g/mol. The zero-order valence-electron chi connectivity index (χ0n) is 19.9. The third-order valence-corrected chi connectivity index (χ3v) is 6.18. The molecule has 1 aliphatic rings. The lowest BCUT2D eigenvalue weighted by Crippen LogP contribution is -2.47. The van der Waals surface area contributed by atoms with Crippen LogP contribution in [0.25, 0.3) is 10.9 Å². The van der Waals surface area contributed by atoms with E-state index in [4.69, 9.17) is 0 Å². The van der Waals surface area contributed by atoms with Crippen LogP contribution in [0.1, 0.15) is 41.0 Å². The molecule has 1 aromatic heterocycles. The number of hydrogen-bond acceptors (Lipinski definition) is 5. The molecule has 0 spiro atoms. The van der Waals surface area contributed by atoms with E-state index in [9.17, 15) is 14.8 Å². The van der Waals surface area contributed by atoms with E-state index in [0.29, 0.717) is 18.7 Å². The van der Waals surface area contributed by atoms with Crippen molar-refractivity contribution in [1.82, 2.24) is 20.7 Å². The highest BCUT2D eigenvalue weighted by molar-refractivity contribution is 5.95. The minimum Gasteiger partial charge on any atom is -0.347 e. The van der Waals surface area contributed by atoms with Crippen molar-refractivity contribution in [2.24, 2.45) is 11.8 Å². The first-order chi connectivity index (χ1) is 16.3. The number of benzene rings is 2. The smallest absolute Gasteiger partial charge is 0.252 e. The van der Waals surface area contributed by atoms with Crippen molar-refractivity contribution in [2.75, 3.05) is 19.6 Å². The number of hydrogen-bond donors (Lipinski definition) is 3. The van der Waals surface area contributed by atoms with Gasteiger partial charge in [-0.25, -0.2) is 5.06 Å². The molecule has 2 atom stereocenters. The quantitative estimate of drug-likeness (QED) is 0.371. The fourth-order valence-electron chi connectivity index (χ4n) is 4.50. The number of aryl methyl sites for hydroxylation is 1.